The highest BCUT2D eigenvalue weighted by Crippen LogP contribution is 2.26. The average Bonchev–Trinajstić information content (AvgIpc) is 1.73. The van der Waals surface area contributed by atoms with Crippen LogP contribution in [0, 0.1) is 84.2 Å². The van der Waals surface area contributed by atoms with Gasteiger partial charge in [-0.25, -0.2) is 13.2 Å². The van der Waals surface area contributed by atoms with Crippen LogP contribution in [0.15, 0.2) is 231 Å². The zero-order valence-corrected chi connectivity index (χ0v) is 55.0. The normalized spacial score (nSPS) is 11.0. The Kier molecular flexibility index (Phi) is 18.2. The second-order valence-electron chi connectivity index (χ2n) is 23.9. The molecule has 14 heteroatoms. The van der Waals surface area contributed by atoms with Gasteiger partial charge in [-0.15, -0.1) is 28.1 Å². The van der Waals surface area contributed by atoms with Gasteiger partial charge in [0, 0.05) is 40.5 Å². The molecule has 15 aromatic rings. The van der Waals surface area contributed by atoms with Gasteiger partial charge in [-0.05, 0) is 169 Å². The number of nitriles is 1. The van der Waals surface area contributed by atoms with Gasteiger partial charge >= 0.3 is 0 Å². The van der Waals surface area contributed by atoms with Crippen molar-refractivity contribution in [1.82, 2.24) is 23.4 Å². The summed E-state index contributed by atoms with van der Waals surface area (Å²) in [6.07, 6.45) is 10.5. The molecule has 10 aromatic carbocycles. The van der Waals surface area contributed by atoms with E-state index in [4.69, 9.17) is 5.26 Å². The standard InChI is InChI=1S/C16H16FN2.C16H14N3.2C16H17N2.C15H13F2N2/c1-11-8-14(17)9-12(2)16(11)19-10-13-6-4-5-7-15(13)18(19)3;1-12-9-13(10-17)7-8-15(12)19-11-14-5-3-4-6-16(14)18(19)2;1-12-7-6-8-13(2)16(12)18-11-14-9-4-5-10-15(14)17(18)3;1-12-8-9-13(2)16(10-12)18-11-14-6-4-5-7-15(14)17(18)3;1-10-7-12(16)8-13(17)15(10)19-14-6-4-3-5-11(14)9-18(19)2/h4-10H,1-3H3;3-9,11H,1-2H3;2*4-11H,1-3H3;3-9H,1-2H3/q5*+1. The Hall–Kier alpha value is -11.2. The van der Waals surface area contributed by atoms with Gasteiger partial charge in [0.15, 0.2) is 27.0 Å². The minimum absolute atomic E-state index is 0.182. The molecule has 0 spiro atoms. The van der Waals surface area contributed by atoms with Crippen LogP contribution in [0.4, 0.5) is 13.2 Å². The highest BCUT2D eigenvalue weighted by molar-refractivity contribution is 5.80. The van der Waals surface area contributed by atoms with Gasteiger partial charge < -0.3 is 0 Å². The van der Waals surface area contributed by atoms with Crippen LogP contribution in [0.3, 0.4) is 0 Å². The third-order valence-electron chi connectivity index (χ3n) is 17.3. The van der Waals surface area contributed by atoms with E-state index >= 15 is 0 Å². The van der Waals surface area contributed by atoms with Crippen molar-refractivity contribution in [3.8, 4) is 34.5 Å². The molecular formula is C79H77F3N11+5. The van der Waals surface area contributed by atoms with E-state index in [1.807, 2.05) is 115 Å². The van der Waals surface area contributed by atoms with E-state index < -0.39 is 11.6 Å². The molecule has 0 aliphatic carbocycles. The van der Waals surface area contributed by atoms with E-state index in [1.54, 1.807) is 28.4 Å². The van der Waals surface area contributed by atoms with Gasteiger partial charge in [0.1, 0.15) is 45.2 Å². The highest BCUT2D eigenvalue weighted by Gasteiger charge is 2.24. The first-order chi connectivity index (χ1) is 44.7. The SMILES string of the molecule is Cc1cc(C#N)ccc1-n1cc2ccccc2[n+]1C.Cc1cc(F)cc(C)c1-[n+]1cc2ccccc2n1C.Cc1cc(F)cc(F)c1-n1c2ccccc2c[n+]1C.Cc1ccc(C)c(-n2cc3ccccc3[n+]2C)c1.Cc1cccc(C)c1-[n+]1cc2ccccc2n1C. The number of para-hydroxylation sites is 6. The smallest absolute Gasteiger partial charge is 0.207 e. The van der Waals surface area contributed by atoms with E-state index in [0.29, 0.717) is 16.8 Å². The molecule has 0 radical (unpaired) electrons. The molecule has 0 amide bonds. The molecule has 0 atom stereocenters. The number of nitrogens with zero attached hydrogens (tertiary/aromatic N) is 11. The molecular weight excluding hydrogens is 1160 g/mol. The maximum absolute atomic E-state index is 14.1. The number of rotatable bonds is 5. The minimum Gasteiger partial charge on any atom is -0.207 e. The number of hydrogen-bond acceptors (Lipinski definition) is 1. The summed E-state index contributed by atoms with van der Waals surface area (Å²) in [4.78, 5) is 0. The molecule has 0 saturated heterocycles. The largest absolute Gasteiger partial charge is 0.241 e. The van der Waals surface area contributed by atoms with Crippen LogP contribution < -0.4 is 23.4 Å². The molecule has 0 aliphatic heterocycles. The Balaban J connectivity index is 0.000000119. The molecule has 0 unspecified atom stereocenters. The van der Waals surface area contributed by atoms with E-state index in [0.717, 1.165) is 50.6 Å². The fraction of sp³-hybridized carbons (Fsp3) is 0.165. The lowest BCUT2D eigenvalue weighted by Crippen LogP contribution is -2.40. The molecule has 5 aromatic heterocycles. The third kappa shape index (κ3) is 12.8. The summed E-state index contributed by atoms with van der Waals surface area (Å²) in [6, 6.07) is 67.5. The van der Waals surface area contributed by atoms with Crippen molar-refractivity contribution in [1.29, 1.82) is 5.26 Å². The summed E-state index contributed by atoms with van der Waals surface area (Å²) in [7, 11) is 10.1. The number of aryl methyl sites for hydroxylation is 13. The topological polar surface area (TPSA) is 67.8 Å². The quantitative estimate of drug-likeness (QED) is 0.158. The van der Waals surface area contributed by atoms with Gasteiger partial charge in [0.25, 0.3) is 0 Å². The summed E-state index contributed by atoms with van der Waals surface area (Å²) in [5.74, 6) is -1.30. The average molecular weight is 1240 g/mol. The summed E-state index contributed by atoms with van der Waals surface area (Å²) in [5, 5.41) is 14.8. The first-order valence-corrected chi connectivity index (χ1v) is 30.9. The first kappa shape index (κ1) is 63.4. The van der Waals surface area contributed by atoms with Gasteiger partial charge in [0.2, 0.25) is 41.0 Å². The first-order valence-electron chi connectivity index (χ1n) is 30.9. The third-order valence-corrected chi connectivity index (χ3v) is 17.3. The number of aromatic nitrogens is 10. The molecule has 464 valence electrons. The van der Waals surface area contributed by atoms with Crippen molar-refractivity contribution < 1.29 is 36.6 Å². The minimum atomic E-state index is -0.561. The molecule has 15 rings (SSSR count). The van der Waals surface area contributed by atoms with Gasteiger partial charge in [-0.2, -0.15) is 14.6 Å². The van der Waals surface area contributed by atoms with Crippen LogP contribution in [0.5, 0.6) is 0 Å². The van der Waals surface area contributed by atoms with E-state index in [-0.39, 0.29) is 5.82 Å². The van der Waals surface area contributed by atoms with Crippen molar-refractivity contribution >= 4 is 54.5 Å². The lowest BCUT2D eigenvalue weighted by atomic mass is 10.1. The maximum Gasteiger partial charge on any atom is 0.241 e. The van der Waals surface area contributed by atoms with E-state index in [2.05, 4.69) is 219 Å². The van der Waals surface area contributed by atoms with Gasteiger partial charge in [-0.3, -0.25) is 0 Å². The molecule has 93 heavy (non-hydrogen) atoms. The molecule has 0 saturated carbocycles. The predicted octanol–water partition coefficient (Wildman–Crippen LogP) is 15.0. The fourth-order valence-corrected chi connectivity index (χ4v) is 12.6. The Morgan fingerprint density at radius 1 is 0.387 bits per heavy atom. The van der Waals surface area contributed by atoms with Crippen molar-refractivity contribution in [2.75, 3.05) is 0 Å². The molecule has 5 heterocycles. The van der Waals surface area contributed by atoms with Crippen molar-refractivity contribution in [2.24, 2.45) is 35.2 Å². The van der Waals surface area contributed by atoms with Crippen LogP contribution in [0.25, 0.3) is 83.0 Å². The lowest BCUT2D eigenvalue weighted by molar-refractivity contribution is -0.742. The zero-order chi connectivity index (χ0) is 65.9. The molecule has 0 bridgehead atoms. The Morgan fingerprint density at radius 2 is 0.839 bits per heavy atom. The number of benzene rings is 10. The second kappa shape index (κ2) is 26.7. The van der Waals surface area contributed by atoms with Crippen LogP contribution in [0.2, 0.25) is 0 Å². The summed E-state index contributed by atoms with van der Waals surface area (Å²) >= 11 is 0. The van der Waals surface area contributed by atoms with Crippen LogP contribution in [-0.4, -0.2) is 23.4 Å². The van der Waals surface area contributed by atoms with Crippen molar-refractivity contribution in [3.63, 3.8) is 0 Å². The number of halogens is 3. The summed E-state index contributed by atoms with van der Waals surface area (Å²) in [5.41, 5.74) is 20.2. The Bertz CT molecular complexity index is 5270. The van der Waals surface area contributed by atoms with Gasteiger partial charge in [-0.1, -0.05) is 100 Å². The van der Waals surface area contributed by atoms with Crippen molar-refractivity contribution in [3.05, 3.63) is 299 Å². The Morgan fingerprint density at radius 3 is 1.33 bits per heavy atom. The highest BCUT2D eigenvalue weighted by atomic mass is 19.1. The lowest BCUT2D eigenvalue weighted by Gasteiger charge is -2.07. The number of hydrogen-bond donors (Lipinski definition) is 0. The van der Waals surface area contributed by atoms with Crippen molar-refractivity contribution in [2.45, 2.75) is 55.4 Å². The van der Waals surface area contributed by atoms with Crippen LogP contribution in [-0.2, 0) is 35.2 Å². The number of fused-ring (bicyclic) bond motifs is 5. The van der Waals surface area contributed by atoms with E-state index in [1.165, 1.54) is 77.8 Å². The summed E-state index contributed by atoms with van der Waals surface area (Å²) < 4.78 is 61.5. The molecule has 11 nitrogen and oxygen atoms in total. The fourth-order valence-electron chi connectivity index (χ4n) is 12.6. The zero-order valence-electron chi connectivity index (χ0n) is 55.0. The van der Waals surface area contributed by atoms with Crippen LogP contribution >= 0.6 is 0 Å². The van der Waals surface area contributed by atoms with E-state index in [9.17, 15) is 13.2 Å². The summed E-state index contributed by atoms with van der Waals surface area (Å²) in [6.45, 7) is 16.2. The van der Waals surface area contributed by atoms with Crippen LogP contribution in [0.1, 0.15) is 50.1 Å². The predicted molar refractivity (Wildman–Crippen MR) is 365 cm³/mol. The molecule has 0 N–H and O–H groups in total. The second-order valence-corrected chi connectivity index (χ2v) is 23.9. The molecule has 0 aliphatic rings. The van der Waals surface area contributed by atoms with Gasteiger partial charge in [0.05, 0.1) is 65.1 Å². The maximum atomic E-state index is 14.1. The monoisotopic (exact) mass is 1240 g/mol. The Labute approximate surface area is 540 Å². The molecule has 0 fully saturated rings.